The van der Waals surface area contributed by atoms with Gasteiger partial charge in [0.15, 0.2) is 11.2 Å². The molecule has 0 saturated heterocycles. The van der Waals surface area contributed by atoms with Crippen LogP contribution in [-0.2, 0) is 13.1 Å². The first-order chi connectivity index (χ1) is 10.7. The van der Waals surface area contributed by atoms with Crippen LogP contribution in [0.25, 0.3) is 17.4 Å². The normalized spacial score (nSPS) is 11.8. The van der Waals surface area contributed by atoms with Gasteiger partial charge in [-0.25, -0.2) is 9.78 Å². The molecule has 6 nitrogen and oxygen atoms in total. The van der Waals surface area contributed by atoms with Crippen LogP contribution in [0.3, 0.4) is 0 Å². The van der Waals surface area contributed by atoms with Crippen molar-refractivity contribution in [2.75, 3.05) is 0 Å². The van der Waals surface area contributed by atoms with Gasteiger partial charge in [-0.2, -0.15) is 0 Å². The van der Waals surface area contributed by atoms with Crippen molar-refractivity contribution in [3.05, 3.63) is 33.2 Å². The number of imidazole rings is 1. The summed E-state index contributed by atoms with van der Waals surface area (Å²) >= 11 is 0. The topological polar surface area (TPSA) is 61.8 Å². The Kier molecular flexibility index (Phi) is 5.35. The fourth-order valence-electron chi connectivity index (χ4n) is 2.52. The highest BCUT2D eigenvalue weighted by Crippen LogP contribution is 2.08. The molecule has 0 radical (unpaired) electrons. The Bertz CT molecular complexity index is 780. The predicted octanol–water partition coefficient (Wildman–Crippen LogP) is 2.45. The second-order valence-electron chi connectivity index (χ2n) is 5.39. The maximum absolute atomic E-state index is 12.7. The summed E-state index contributed by atoms with van der Waals surface area (Å²) in [6, 6.07) is 0. The molecule has 2 rings (SSSR count). The van der Waals surface area contributed by atoms with Gasteiger partial charge in [-0.3, -0.25) is 13.9 Å². The van der Waals surface area contributed by atoms with Crippen LogP contribution in [0.4, 0.5) is 0 Å². The van der Waals surface area contributed by atoms with Crippen molar-refractivity contribution in [1.82, 2.24) is 18.7 Å². The van der Waals surface area contributed by atoms with E-state index in [-0.39, 0.29) is 11.2 Å². The largest absolute Gasteiger partial charge is 0.332 e. The van der Waals surface area contributed by atoms with E-state index in [1.165, 1.54) is 4.57 Å². The molecule has 0 N–H and O–H groups in total. The van der Waals surface area contributed by atoms with Crippen LogP contribution >= 0.6 is 0 Å². The average Bonchev–Trinajstić information content (AvgIpc) is 2.92. The number of aryl methyl sites for hydroxylation is 1. The van der Waals surface area contributed by atoms with Gasteiger partial charge in [0.25, 0.3) is 5.56 Å². The number of unbranched alkanes of at least 4 members (excludes halogenated alkanes) is 1. The zero-order valence-electron chi connectivity index (χ0n) is 13.6. The minimum absolute atomic E-state index is 0.257. The minimum atomic E-state index is -0.260. The van der Waals surface area contributed by atoms with Crippen LogP contribution in [0.2, 0.25) is 0 Å². The molecule has 0 aliphatic carbocycles. The quantitative estimate of drug-likeness (QED) is 0.789. The molecule has 0 fully saturated rings. The Labute approximate surface area is 129 Å². The lowest BCUT2D eigenvalue weighted by Crippen LogP contribution is -2.40. The Morgan fingerprint density at radius 2 is 1.73 bits per heavy atom. The predicted molar refractivity (Wildman–Crippen MR) is 89.1 cm³/mol. The van der Waals surface area contributed by atoms with Crippen molar-refractivity contribution in [3.63, 3.8) is 0 Å². The van der Waals surface area contributed by atoms with E-state index in [4.69, 9.17) is 0 Å². The van der Waals surface area contributed by atoms with Gasteiger partial charge in [-0.15, -0.1) is 0 Å². The Morgan fingerprint density at radius 1 is 1.05 bits per heavy atom. The van der Waals surface area contributed by atoms with Gasteiger partial charge in [0.05, 0.1) is 0 Å². The number of aromatic nitrogens is 4. The summed E-state index contributed by atoms with van der Waals surface area (Å²) in [6.45, 7) is 7.06. The molecule has 0 bridgehead atoms. The van der Waals surface area contributed by atoms with E-state index in [1.807, 2.05) is 26.1 Å². The highest BCUT2D eigenvalue weighted by molar-refractivity contribution is 5.72. The van der Waals surface area contributed by atoms with Crippen LogP contribution in [0.1, 0.15) is 46.5 Å². The lowest BCUT2D eigenvalue weighted by atomic mass is 10.3. The van der Waals surface area contributed by atoms with Gasteiger partial charge in [-0.1, -0.05) is 33.3 Å². The van der Waals surface area contributed by atoms with Crippen molar-refractivity contribution in [3.8, 4) is 0 Å². The summed E-state index contributed by atoms with van der Waals surface area (Å²) < 4.78 is 4.66. The van der Waals surface area contributed by atoms with Crippen molar-refractivity contribution < 1.29 is 0 Å². The van der Waals surface area contributed by atoms with Crippen molar-refractivity contribution in [1.29, 1.82) is 0 Å². The summed E-state index contributed by atoms with van der Waals surface area (Å²) in [5.74, 6) is 0. The molecule has 2 heterocycles. The highest BCUT2D eigenvalue weighted by Gasteiger charge is 2.16. The zero-order chi connectivity index (χ0) is 16.1. The molecule has 0 spiro atoms. The molecule has 6 heteroatoms. The number of allylic oxidation sites excluding steroid dienone is 1. The van der Waals surface area contributed by atoms with Gasteiger partial charge < -0.3 is 4.57 Å². The molecule has 0 atom stereocenters. The molecular weight excluding hydrogens is 280 g/mol. The van der Waals surface area contributed by atoms with E-state index >= 15 is 0 Å². The molecule has 0 aromatic carbocycles. The summed E-state index contributed by atoms with van der Waals surface area (Å²) in [6.07, 6.45) is 9.03. The third-order valence-corrected chi connectivity index (χ3v) is 3.56. The molecule has 2 aromatic rings. The van der Waals surface area contributed by atoms with Crippen LogP contribution in [-0.4, -0.2) is 18.7 Å². The van der Waals surface area contributed by atoms with Crippen molar-refractivity contribution >= 4 is 17.4 Å². The van der Waals surface area contributed by atoms with Gasteiger partial charge in [-0.05, 0) is 19.3 Å². The fraction of sp³-hybridized carbons (Fsp3) is 0.562. The third-order valence-electron chi connectivity index (χ3n) is 3.56. The molecule has 0 amide bonds. The van der Waals surface area contributed by atoms with E-state index in [2.05, 4.69) is 11.9 Å². The molecule has 120 valence electrons. The van der Waals surface area contributed by atoms with Crippen LogP contribution in [0, 0.1) is 0 Å². The summed E-state index contributed by atoms with van der Waals surface area (Å²) in [5.41, 5.74) is 0.441. The Hall–Kier alpha value is -2.11. The summed E-state index contributed by atoms with van der Waals surface area (Å²) in [5, 5.41) is 0. The lowest BCUT2D eigenvalue weighted by Gasteiger charge is -2.10. The van der Waals surface area contributed by atoms with Crippen molar-refractivity contribution in [2.24, 2.45) is 0 Å². The Balaban J connectivity index is 2.73. The second-order valence-corrected chi connectivity index (χ2v) is 5.39. The van der Waals surface area contributed by atoms with Gasteiger partial charge in [0.2, 0.25) is 0 Å². The molecule has 0 aliphatic heterocycles. The van der Waals surface area contributed by atoms with Crippen LogP contribution in [0.5, 0.6) is 0 Å². The Morgan fingerprint density at radius 3 is 2.36 bits per heavy atom. The van der Waals surface area contributed by atoms with E-state index in [0.717, 1.165) is 25.7 Å². The van der Waals surface area contributed by atoms with Crippen molar-refractivity contribution in [2.45, 2.75) is 59.5 Å². The second kappa shape index (κ2) is 7.24. The maximum atomic E-state index is 12.7. The zero-order valence-corrected chi connectivity index (χ0v) is 13.6. The first kappa shape index (κ1) is 16.3. The molecule has 22 heavy (non-hydrogen) atoms. The number of nitrogens with zero attached hydrogens (tertiary/aromatic N) is 4. The van der Waals surface area contributed by atoms with E-state index in [1.54, 1.807) is 15.5 Å². The lowest BCUT2D eigenvalue weighted by molar-refractivity contribution is 0.555. The minimum Gasteiger partial charge on any atom is -0.300 e. The SMILES string of the molecule is CCCC=Cn1cnc2c1c(=O)n(CCC)c(=O)n2CCC. The average molecular weight is 304 g/mol. The number of fused-ring (bicyclic) bond motifs is 1. The van der Waals surface area contributed by atoms with Gasteiger partial charge in [0, 0.05) is 19.3 Å². The van der Waals surface area contributed by atoms with Crippen LogP contribution in [0.15, 0.2) is 22.0 Å². The van der Waals surface area contributed by atoms with E-state index in [0.29, 0.717) is 24.3 Å². The summed E-state index contributed by atoms with van der Waals surface area (Å²) in [7, 11) is 0. The number of rotatable bonds is 7. The van der Waals surface area contributed by atoms with E-state index < -0.39 is 0 Å². The van der Waals surface area contributed by atoms with Crippen LogP contribution < -0.4 is 11.2 Å². The standard InChI is InChI=1S/C16H24N4O2/c1-4-7-8-11-18-12-17-14-13(18)15(21)20(10-6-3)16(22)19(14)9-5-2/h8,11-12H,4-7,9-10H2,1-3H3. The van der Waals surface area contributed by atoms with Gasteiger partial charge in [0.1, 0.15) is 6.33 Å². The smallest absolute Gasteiger partial charge is 0.300 e. The van der Waals surface area contributed by atoms with Gasteiger partial charge >= 0.3 is 5.69 Å². The van der Waals surface area contributed by atoms with E-state index in [9.17, 15) is 9.59 Å². The first-order valence-electron chi connectivity index (χ1n) is 8.02. The third kappa shape index (κ3) is 2.91. The summed E-state index contributed by atoms with van der Waals surface area (Å²) in [4.78, 5) is 29.5. The maximum Gasteiger partial charge on any atom is 0.332 e. The molecule has 0 aliphatic rings. The number of hydrogen-bond donors (Lipinski definition) is 0. The monoisotopic (exact) mass is 304 g/mol. The molecule has 2 aromatic heterocycles. The number of hydrogen-bond acceptors (Lipinski definition) is 3. The fourth-order valence-corrected chi connectivity index (χ4v) is 2.52. The first-order valence-corrected chi connectivity index (χ1v) is 8.02. The molecule has 0 saturated carbocycles. The molecule has 0 unspecified atom stereocenters. The molecular formula is C16H24N4O2. The highest BCUT2D eigenvalue weighted by atomic mass is 16.2.